The molecule has 6 nitrogen and oxygen atoms in total. The molecule has 2 heterocycles. The SMILES string of the molecule is CCCCc1ccc2c(c1)c(O)c(C(=O)N(C)c1ccncc1)c(=O)n2C. The van der Waals surface area contributed by atoms with Gasteiger partial charge >= 0.3 is 0 Å². The van der Waals surface area contributed by atoms with Crippen LogP contribution in [0.4, 0.5) is 5.69 Å². The minimum Gasteiger partial charge on any atom is -0.506 e. The highest BCUT2D eigenvalue weighted by molar-refractivity contribution is 6.10. The molecule has 140 valence electrons. The van der Waals surface area contributed by atoms with Gasteiger partial charge in [-0.3, -0.25) is 14.6 Å². The highest BCUT2D eigenvalue weighted by atomic mass is 16.3. The second-order valence-corrected chi connectivity index (χ2v) is 6.61. The highest BCUT2D eigenvalue weighted by Crippen LogP contribution is 2.29. The molecule has 0 unspecified atom stereocenters. The van der Waals surface area contributed by atoms with Crippen molar-refractivity contribution in [2.75, 3.05) is 11.9 Å². The fourth-order valence-corrected chi connectivity index (χ4v) is 3.16. The lowest BCUT2D eigenvalue weighted by atomic mass is 10.0. The molecule has 0 bridgehead atoms. The molecule has 0 spiro atoms. The summed E-state index contributed by atoms with van der Waals surface area (Å²) in [6.45, 7) is 2.12. The molecule has 0 saturated heterocycles. The summed E-state index contributed by atoms with van der Waals surface area (Å²) in [7, 11) is 3.18. The van der Waals surface area contributed by atoms with Gasteiger partial charge in [-0.05, 0) is 42.7 Å². The number of anilines is 1. The van der Waals surface area contributed by atoms with Crippen LogP contribution in [0.25, 0.3) is 10.9 Å². The molecular weight excluding hydrogens is 342 g/mol. The first-order valence-corrected chi connectivity index (χ1v) is 8.98. The first-order valence-electron chi connectivity index (χ1n) is 8.98. The van der Waals surface area contributed by atoms with Crippen LogP contribution < -0.4 is 10.5 Å². The summed E-state index contributed by atoms with van der Waals surface area (Å²) in [6, 6.07) is 8.99. The Balaban J connectivity index is 2.14. The van der Waals surface area contributed by atoms with Gasteiger partial charge in [-0.25, -0.2) is 0 Å². The number of hydrogen-bond donors (Lipinski definition) is 1. The molecule has 3 aromatic rings. The maximum absolute atomic E-state index is 13.0. The van der Waals surface area contributed by atoms with Crippen molar-refractivity contribution in [1.82, 2.24) is 9.55 Å². The maximum Gasteiger partial charge on any atom is 0.267 e. The first-order chi connectivity index (χ1) is 13.0. The van der Waals surface area contributed by atoms with E-state index in [-0.39, 0.29) is 11.3 Å². The zero-order chi connectivity index (χ0) is 19.6. The van der Waals surface area contributed by atoms with E-state index in [1.165, 1.54) is 9.47 Å². The van der Waals surface area contributed by atoms with E-state index in [9.17, 15) is 14.7 Å². The van der Waals surface area contributed by atoms with E-state index in [1.807, 2.05) is 18.2 Å². The summed E-state index contributed by atoms with van der Waals surface area (Å²) >= 11 is 0. The molecule has 0 aliphatic rings. The van der Waals surface area contributed by atoms with Crippen molar-refractivity contribution < 1.29 is 9.90 Å². The van der Waals surface area contributed by atoms with Gasteiger partial charge in [0.15, 0.2) is 0 Å². The first kappa shape index (κ1) is 18.6. The lowest BCUT2D eigenvalue weighted by Gasteiger charge is -2.19. The number of carbonyl (C=O) groups is 1. The average molecular weight is 365 g/mol. The third-order valence-corrected chi connectivity index (χ3v) is 4.82. The molecule has 27 heavy (non-hydrogen) atoms. The van der Waals surface area contributed by atoms with Crippen LogP contribution in [0.1, 0.15) is 35.7 Å². The largest absolute Gasteiger partial charge is 0.506 e. The van der Waals surface area contributed by atoms with Gasteiger partial charge in [0.05, 0.1) is 5.52 Å². The molecule has 0 atom stereocenters. The van der Waals surface area contributed by atoms with E-state index in [0.717, 1.165) is 24.8 Å². The Hall–Kier alpha value is -3.15. The highest BCUT2D eigenvalue weighted by Gasteiger charge is 2.24. The molecule has 1 aromatic carbocycles. The Morgan fingerprint density at radius 2 is 1.93 bits per heavy atom. The topological polar surface area (TPSA) is 75.4 Å². The number of fused-ring (bicyclic) bond motifs is 1. The minimum absolute atomic E-state index is 0.225. The normalized spacial score (nSPS) is 10.9. The smallest absolute Gasteiger partial charge is 0.267 e. The van der Waals surface area contributed by atoms with Crippen molar-refractivity contribution in [3.05, 3.63) is 64.2 Å². The van der Waals surface area contributed by atoms with Gasteiger partial charge in [0.2, 0.25) is 0 Å². The minimum atomic E-state index is -0.555. The number of pyridine rings is 2. The van der Waals surface area contributed by atoms with Crippen molar-refractivity contribution in [3.8, 4) is 5.75 Å². The van der Waals surface area contributed by atoms with Gasteiger partial charge in [0.25, 0.3) is 11.5 Å². The monoisotopic (exact) mass is 365 g/mol. The molecule has 6 heteroatoms. The zero-order valence-electron chi connectivity index (χ0n) is 15.8. The van der Waals surface area contributed by atoms with Crippen LogP contribution in [0.3, 0.4) is 0 Å². The molecular formula is C21H23N3O3. The summed E-state index contributed by atoms with van der Waals surface area (Å²) < 4.78 is 1.41. The number of aryl methyl sites for hydroxylation is 2. The lowest BCUT2D eigenvalue weighted by molar-refractivity contribution is 0.0988. The van der Waals surface area contributed by atoms with Crippen molar-refractivity contribution in [1.29, 1.82) is 0 Å². The lowest BCUT2D eigenvalue weighted by Crippen LogP contribution is -2.34. The van der Waals surface area contributed by atoms with Crippen molar-refractivity contribution in [2.24, 2.45) is 7.05 Å². The van der Waals surface area contributed by atoms with Crippen LogP contribution in [-0.4, -0.2) is 27.6 Å². The molecule has 3 rings (SSSR count). The van der Waals surface area contributed by atoms with E-state index in [2.05, 4.69) is 11.9 Å². The third kappa shape index (κ3) is 3.43. The van der Waals surface area contributed by atoms with Crippen molar-refractivity contribution in [3.63, 3.8) is 0 Å². The number of aromatic hydroxyl groups is 1. The fourth-order valence-electron chi connectivity index (χ4n) is 3.16. The van der Waals surface area contributed by atoms with E-state index < -0.39 is 11.5 Å². The number of unbranched alkanes of at least 4 members (excludes halogenated alkanes) is 1. The Morgan fingerprint density at radius 3 is 2.59 bits per heavy atom. The fraction of sp³-hybridized carbons (Fsp3) is 0.286. The maximum atomic E-state index is 13.0. The van der Waals surface area contributed by atoms with Gasteiger partial charge in [0, 0.05) is 37.6 Å². The molecule has 1 amide bonds. The van der Waals surface area contributed by atoms with E-state index in [1.54, 1.807) is 38.6 Å². The van der Waals surface area contributed by atoms with Crippen LogP contribution in [0.15, 0.2) is 47.5 Å². The Labute approximate surface area is 157 Å². The van der Waals surface area contributed by atoms with Gasteiger partial charge in [0.1, 0.15) is 11.3 Å². The Kier molecular flexibility index (Phi) is 5.26. The molecule has 0 saturated carbocycles. The molecule has 0 radical (unpaired) electrons. The third-order valence-electron chi connectivity index (χ3n) is 4.82. The van der Waals surface area contributed by atoms with Gasteiger partial charge in [-0.2, -0.15) is 0 Å². The predicted octanol–water partition coefficient (Wildman–Crippen LogP) is 3.26. The summed E-state index contributed by atoms with van der Waals surface area (Å²) in [4.78, 5) is 31.0. The molecule has 1 N–H and O–H groups in total. The summed E-state index contributed by atoms with van der Waals surface area (Å²) in [6.07, 6.45) is 6.12. The molecule has 2 aromatic heterocycles. The number of hydrogen-bond acceptors (Lipinski definition) is 4. The van der Waals surface area contributed by atoms with Crippen molar-refractivity contribution >= 4 is 22.5 Å². The summed E-state index contributed by atoms with van der Waals surface area (Å²) in [5.41, 5.74) is 1.51. The average Bonchev–Trinajstić information content (AvgIpc) is 2.70. The number of benzene rings is 1. The van der Waals surface area contributed by atoms with Gasteiger partial charge < -0.3 is 14.6 Å². The quantitative estimate of drug-likeness (QED) is 0.753. The number of aromatic nitrogens is 2. The van der Waals surface area contributed by atoms with E-state index in [0.29, 0.717) is 16.6 Å². The predicted molar refractivity (Wildman–Crippen MR) is 106 cm³/mol. The number of nitrogens with zero attached hydrogens (tertiary/aromatic N) is 3. The number of carbonyl (C=O) groups excluding carboxylic acids is 1. The Morgan fingerprint density at radius 1 is 1.22 bits per heavy atom. The molecule has 0 fully saturated rings. The van der Waals surface area contributed by atoms with Crippen LogP contribution >= 0.6 is 0 Å². The molecule has 0 aliphatic carbocycles. The Bertz CT molecular complexity index is 1040. The van der Waals surface area contributed by atoms with Crippen LogP contribution in [0.5, 0.6) is 5.75 Å². The van der Waals surface area contributed by atoms with Gasteiger partial charge in [-0.1, -0.05) is 19.4 Å². The summed E-state index contributed by atoms with van der Waals surface area (Å²) in [5.74, 6) is -0.822. The number of amides is 1. The van der Waals surface area contributed by atoms with E-state index >= 15 is 0 Å². The standard InChI is InChI=1S/C21H23N3O3/c1-4-5-6-14-7-8-17-16(13-14)19(25)18(21(27)24(17)3)20(26)23(2)15-9-11-22-12-10-15/h7-13,25H,4-6H2,1-3H3. The zero-order valence-corrected chi connectivity index (χ0v) is 15.8. The van der Waals surface area contributed by atoms with Gasteiger partial charge in [-0.15, -0.1) is 0 Å². The second-order valence-electron chi connectivity index (χ2n) is 6.61. The van der Waals surface area contributed by atoms with Crippen LogP contribution in [0.2, 0.25) is 0 Å². The molecule has 0 aliphatic heterocycles. The summed E-state index contributed by atoms with van der Waals surface area (Å²) in [5, 5.41) is 11.3. The van der Waals surface area contributed by atoms with E-state index in [4.69, 9.17) is 0 Å². The number of rotatable bonds is 5. The van der Waals surface area contributed by atoms with Crippen LogP contribution in [-0.2, 0) is 13.5 Å². The van der Waals surface area contributed by atoms with Crippen molar-refractivity contribution in [2.45, 2.75) is 26.2 Å². The van der Waals surface area contributed by atoms with Crippen LogP contribution in [0, 0.1) is 0 Å². The second kappa shape index (κ2) is 7.61.